The molecule has 3 heteroatoms. The van der Waals surface area contributed by atoms with Crippen molar-refractivity contribution in [1.82, 2.24) is 4.90 Å². The van der Waals surface area contributed by atoms with Crippen molar-refractivity contribution in [1.29, 1.82) is 0 Å². The SMILES string of the molecule is CCC1CCC(CN)(N(C)Cc2ccc(Cl)cc2)CC1. The van der Waals surface area contributed by atoms with Crippen molar-refractivity contribution in [3.05, 3.63) is 34.9 Å². The average Bonchev–Trinajstić information content (AvgIpc) is 2.49. The van der Waals surface area contributed by atoms with Gasteiger partial charge in [0.25, 0.3) is 0 Å². The molecule has 1 aliphatic carbocycles. The maximum absolute atomic E-state index is 6.14. The lowest BCUT2D eigenvalue weighted by Crippen LogP contribution is -2.53. The second kappa shape index (κ2) is 6.93. The average molecular weight is 295 g/mol. The van der Waals surface area contributed by atoms with Gasteiger partial charge in [0.05, 0.1) is 0 Å². The molecular weight excluding hydrogens is 268 g/mol. The van der Waals surface area contributed by atoms with Gasteiger partial charge in [-0.15, -0.1) is 0 Å². The minimum atomic E-state index is 0.186. The van der Waals surface area contributed by atoms with Gasteiger partial charge in [-0.05, 0) is 56.3 Å². The van der Waals surface area contributed by atoms with Crippen molar-refractivity contribution in [2.45, 2.75) is 51.1 Å². The molecule has 0 aliphatic heterocycles. The van der Waals surface area contributed by atoms with Crippen LogP contribution >= 0.6 is 11.6 Å². The van der Waals surface area contributed by atoms with E-state index in [-0.39, 0.29) is 5.54 Å². The van der Waals surface area contributed by atoms with E-state index in [1.54, 1.807) is 0 Å². The van der Waals surface area contributed by atoms with Crippen LogP contribution in [0.4, 0.5) is 0 Å². The molecule has 1 aromatic carbocycles. The molecule has 0 atom stereocenters. The first-order valence-corrected chi connectivity index (χ1v) is 8.13. The molecule has 20 heavy (non-hydrogen) atoms. The maximum atomic E-state index is 6.14. The van der Waals surface area contributed by atoms with Crippen LogP contribution in [0.3, 0.4) is 0 Å². The summed E-state index contributed by atoms with van der Waals surface area (Å²) in [6.07, 6.45) is 6.40. The molecule has 1 aromatic rings. The highest BCUT2D eigenvalue weighted by Gasteiger charge is 2.36. The first-order valence-electron chi connectivity index (χ1n) is 7.75. The van der Waals surface area contributed by atoms with E-state index in [9.17, 15) is 0 Å². The summed E-state index contributed by atoms with van der Waals surface area (Å²) in [5, 5.41) is 0.799. The van der Waals surface area contributed by atoms with Crippen molar-refractivity contribution < 1.29 is 0 Å². The highest BCUT2D eigenvalue weighted by atomic mass is 35.5. The van der Waals surface area contributed by atoms with Gasteiger partial charge < -0.3 is 5.73 Å². The molecule has 0 spiro atoms. The van der Waals surface area contributed by atoms with Crippen LogP contribution in [0.2, 0.25) is 5.02 Å². The predicted molar refractivity (Wildman–Crippen MR) is 87.0 cm³/mol. The van der Waals surface area contributed by atoms with Crippen LogP contribution in [0.25, 0.3) is 0 Å². The van der Waals surface area contributed by atoms with E-state index in [2.05, 4.69) is 31.0 Å². The van der Waals surface area contributed by atoms with E-state index in [0.717, 1.165) is 24.0 Å². The zero-order valence-electron chi connectivity index (χ0n) is 12.7. The fourth-order valence-electron chi connectivity index (χ4n) is 3.40. The first kappa shape index (κ1) is 15.8. The molecule has 112 valence electrons. The van der Waals surface area contributed by atoms with Gasteiger partial charge in [-0.3, -0.25) is 4.90 Å². The number of hydrogen-bond donors (Lipinski definition) is 1. The minimum Gasteiger partial charge on any atom is -0.329 e. The highest BCUT2D eigenvalue weighted by Crippen LogP contribution is 2.37. The third kappa shape index (κ3) is 3.55. The Bertz CT molecular complexity index is 408. The van der Waals surface area contributed by atoms with Crippen LogP contribution in [-0.2, 0) is 6.54 Å². The molecule has 1 fully saturated rings. The van der Waals surface area contributed by atoms with Crippen LogP contribution in [0.1, 0.15) is 44.6 Å². The van der Waals surface area contributed by atoms with Crippen LogP contribution < -0.4 is 5.73 Å². The summed E-state index contributed by atoms with van der Waals surface area (Å²) in [7, 11) is 2.22. The number of hydrogen-bond acceptors (Lipinski definition) is 2. The van der Waals surface area contributed by atoms with Gasteiger partial charge in [0.2, 0.25) is 0 Å². The van der Waals surface area contributed by atoms with E-state index in [4.69, 9.17) is 17.3 Å². The van der Waals surface area contributed by atoms with E-state index in [1.807, 2.05) is 12.1 Å². The maximum Gasteiger partial charge on any atom is 0.0406 e. The predicted octanol–water partition coefficient (Wildman–Crippen LogP) is 4.07. The van der Waals surface area contributed by atoms with Gasteiger partial charge in [0, 0.05) is 23.7 Å². The fraction of sp³-hybridized carbons (Fsp3) is 0.647. The van der Waals surface area contributed by atoms with Gasteiger partial charge in [0.15, 0.2) is 0 Å². The molecule has 1 aliphatic rings. The molecule has 0 bridgehead atoms. The van der Waals surface area contributed by atoms with Crippen molar-refractivity contribution in [3.63, 3.8) is 0 Å². The van der Waals surface area contributed by atoms with E-state index < -0.39 is 0 Å². The second-order valence-corrected chi connectivity index (χ2v) is 6.70. The lowest BCUT2D eigenvalue weighted by Gasteiger charge is -2.46. The lowest BCUT2D eigenvalue weighted by atomic mass is 9.74. The molecule has 2 rings (SSSR count). The van der Waals surface area contributed by atoms with Crippen molar-refractivity contribution in [2.75, 3.05) is 13.6 Å². The summed E-state index contributed by atoms with van der Waals surface area (Å²) >= 11 is 5.95. The number of benzene rings is 1. The molecular formula is C17H27ClN2. The number of likely N-dealkylation sites (N-methyl/N-ethyl adjacent to an activating group) is 1. The fourth-order valence-corrected chi connectivity index (χ4v) is 3.52. The summed E-state index contributed by atoms with van der Waals surface area (Å²) in [6.45, 7) is 4.01. The number of nitrogens with two attached hydrogens (primary N) is 1. The standard InChI is InChI=1S/C17H27ClN2/c1-3-14-8-10-17(13-19,11-9-14)20(2)12-15-4-6-16(18)7-5-15/h4-7,14H,3,8-13,19H2,1-2H3. The molecule has 0 heterocycles. The van der Waals surface area contributed by atoms with Gasteiger partial charge in [0.1, 0.15) is 0 Å². The number of rotatable bonds is 5. The Hall–Kier alpha value is -0.570. The van der Waals surface area contributed by atoms with Gasteiger partial charge in [-0.1, -0.05) is 37.1 Å². The molecule has 1 saturated carbocycles. The number of halogens is 1. The Balaban J connectivity index is 2.02. The van der Waals surface area contributed by atoms with Gasteiger partial charge in [-0.2, -0.15) is 0 Å². The van der Waals surface area contributed by atoms with E-state index in [0.29, 0.717) is 0 Å². The molecule has 0 amide bonds. The third-order valence-corrected chi connectivity index (χ3v) is 5.39. The topological polar surface area (TPSA) is 29.3 Å². The Labute approximate surface area is 128 Å². The lowest BCUT2D eigenvalue weighted by molar-refractivity contribution is 0.0579. The highest BCUT2D eigenvalue weighted by molar-refractivity contribution is 6.30. The third-order valence-electron chi connectivity index (χ3n) is 5.14. The zero-order valence-corrected chi connectivity index (χ0v) is 13.5. The van der Waals surface area contributed by atoms with Crippen LogP contribution in [0.15, 0.2) is 24.3 Å². The molecule has 0 radical (unpaired) electrons. The van der Waals surface area contributed by atoms with E-state index in [1.165, 1.54) is 37.7 Å². The first-order chi connectivity index (χ1) is 9.59. The van der Waals surface area contributed by atoms with Crippen LogP contribution in [0, 0.1) is 5.92 Å². The second-order valence-electron chi connectivity index (χ2n) is 6.26. The van der Waals surface area contributed by atoms with Crippen molar-refractivity contribution in [2.24, 2.45) is 11.7 Å². The number of nitrogens with zero attached hydrogens (tertiary/aromatic N) is 1. The Morgan fingerprint density at radius 2 is 1.85 bits per heavy atom. The summed E-state index contributed by atoms with van der Waals surface area (Å²) in [5.74, 6) is 0.901. The quantitative estimate of drug-likeness (QED) is 0.887. The summed E-state index contributed by atoms with van der Waals surface area (Å²) in [5.41, 5.74) is 7.63. The summed E-state index contributed by atoms with van der Waals surface area (Å²) in [4.78, 5) is 2.46. The van der Waals surface area contributed by atoms with Gasteiger partial charge in [-0.25, -0.2) is 0 Å². The normalized spacial score (nSPS) is 26.9. The molecule has 2 N–H and O–H groups in total. The van der Waals surface area contributed by atoms with Crippen molar-refractivity contribution >= 4 is 11.6 Å². The Morgan fingerprint density at radius 3 is 2.35 bits per heavy atom. The summed E-state index contributed by atoms with van der Waals surface area (Å²) < 4.78 is 0. The van der Waals surface area contributed by atoms with Crippen molar-refractivity contribution in [3.8, 4) is 0 Å². The van der Waals surface area contributed by atoms with E-state index >= 15 is 0 Å². The van der Waals surface area contributed by atoms with Crippen LogP contribution in [0.5, 0.6) is 0 Å². The Kier molecular flexibility index (Phi) is 5.48. The minimum absolute atomic E-state index is 0.186. The summed E-state index contributed by atoms with van der Waals surface area (Å²) in [6, 6.07) is 8.16. The zero-order chi connectivity index (χ0) is 14.6. The molecule has 2 nitrogen and oxygen atoms in total. The van der Waals surface area contributed by atoms with Crippen LogP contribution in [-0.4, -0.2) is 24.0 Å². The Morgan fingerprint density at radius 1 is 1.25 bits per heavy atom. The monoisotopic (exact) mass is 294 g/mol. The smallest absolute Gasteiger partial charge is 0.0406 e. The molecule has 0 saturated heterocycles. The van der Waals surface area contributed by atoms with Gasteiger partial charge >= 0.3 is 0 Å². The molecule has 0 aromatic heterocycles. The largest absolute Gasteiger partial charge is 0.329 e. The molecule has 0 unspecified atom stereocenters.